The molecule has 7 heteroatoms. The fraction of sp³-hybridized carbons (Fsp3) is 0.273. The van der Waals surface area contributed by atoms with Crippen molar-refractivity contribution in [2.45, 2.75) is 19.8 Å². The van der Waals surface area contributed by atoms with E-state index in [-0.39, 0.29) is 12.3 Å². The monoisotopic (exact) mass is 412 g/mol. The minimum absolute atomic E-state index is 0.129. The Morgan fingerprint density at radius 2 is 1.72 bits per heavy atom. The fourth-order valence-electron chi connectivity index (χ4n) is 3.01. The third kappa shape index (κ3) is 4.68. The zero-order valence-electron chi connectivity index (χ0n) is 16.9. The Morgan fingerprint density at radius 3 is 2.34 bits per heavy atom. The summed E-state index contributed by atoms with van der Waals surface area (Å²) in [6.45, 7) is 2.12. The van der Waals surface area contributed by atoms with Crippen molar-refractivity contribution >= 4 is 22.4 Å². The average molecular weight is 413 g/mol. The van der Waals surface area contributed by atoms with Crippen LogP contribution in [0.4, 0.5) is 5.13 Å². The lowest BCUT2D eigenvalue weighted by Gasteiger charge is -2.15. The number of hydrogen-bond donors (Lipinski definition) is 1. The van der Waals surface area contributed by atoms with Crippen molar-refractivity contribution in [3.63, 3.8) is 0 Å². The molecule has 152 valence electrons. The van der Waals surface area contributed by atoms with Crippen molar-refractivity contribution in [2.75, 3.05) is 26.6 Å². The molecule has 6 nitrogen and oxygen atoms in total. The number of thiazole rings is 1. The molecule has 1 heterocycles. The van der Waals surface area contributed by atoms with Crippen molar-refractivity contribution in [3.05, 3.63) is 52.9 Å². The zero-order valence-corrected chi connectivity index (χ0v) is 17.8. The second-order valence-corrected chi connectivity index (χ2v) is 7.16. The number of anilines is 1. The van der Waals surface area contributed by atoms with E-state index in [4.69, 9.17) is 14.2 Å². The summed E-state index contributed by atoms with van der Waals surface area (Å²) in [5.41, 5.74) is 3.85. The molecule has 3 aromatic rings. The van der Waals surface area contributed by atoms with Gasteiger partial charge in [-0.05, 0) is 18.1 Å². The van der Waals surface area contributed by atoms with Gasteiger partial charge in [0.2, 0.25) is 11.7 Å². The van der Waals surface area contributed by atoms with E-state index in [1.807, 2.05) is 17.5 Å². The summed E-state index contributed by atoms with van der Waals surface area (Å²) in [6, 6.07) is 11.8. The number of aryl methyl sites for hydroxylation is 1. The normalized spacial score (nSPS) is 10.5. The van der Waals surface area contributed by atoms with Crippen LogP contribution in [0.3, 0.4) is 0 Å². The van der Waals surface area contributed by atoms with Gasteiger partial charge in [-0.15, -0.1) is 11.3 Å². The van der Waals surface area contributed by atoms with E-state index in [2.05, 4.69) is 29.4 Å². The largest absolute Gasteiger partial charge is 0.493 e. The molecule has 29 heavy (non-hydrogen) atoms. The lowest BCUT2D eigenvalue weighted by molar-refractivity contribution is -0.115. The number of benzene rings is 2. The van der Waals surface area contributed by atoms with Crippen molar-refractivity contribution in [2.24, 2.45) is 0 Å². The first-order valence-corrected chi connectivity index (χ1v) is 10.1. The Kier molecular flexibility index (Phi) is 6.72. The summed E-state index contributed by atoms with van der Waals surface area (Å²) in [4.78, 5) is 17.1. The molecular formula is C22H24N2O4S. The van der Waals surface area contributed by atoms with Crippen molar-refractivity contribution < 1.29 is 19.0 Å². The van der Waals surface area contributed by atoms with Gasteiger partial charge in [0.05, 0.1) is 33.4 Å². The van der Waals surface area contributed by atoms with Crippen LogP contribution in [0.15, 0.2) is 41.8 Å². The minimum atomic E-state index is -0.183. The molecule has 1 amide bonds. The predicted octanol–water partition coefficient (Wildman–Crippen LogP) is 4.58. The molecular weight excluding hydrogens is 388 g/mol. The molecule has 0 aliphatic heterocycles. The van der Waals surface area contributed by atoms with E-state index in [9.17, 15) is 4.79 Å². The van der Waals surface area contributed by atoms with Crippen LogP contribution in [0, 0.1) is 0 Å². The van der Waals surface area contributed by atoms with E-state index < -0.39 is 0 Å². The average Bonchev–Trinajstić information content (AvgIpc) is 3.21. The quantitative estimate of drug-likeness (QED) is 0.586. The highest BCUT2D eigenvalue weighted by atomic mass is 32.1. The second-order valence-electron chi connectivity index (χ2n) is 6.31. The van der Waals surface area contributed by atoms with Crippen LogP contribution in [0.2, 0.25) is 0 Å². The maximum atomic E-state index is 12.6. The first kappa shape index (κ1) is 20.7. The number of methoxy groups -OCH3 is 3. The van der Waals surface area contributed by atoms with Gasteiger partial charge in [-0.25, -0.2) is 4.98 Å². The van der Waals surface area contributed by atoms with E-state index in [0.717, 1.165) is 17.7 Å². The fourth-order valence-corrected chi connectivity index (χ4v) is 3.75. The first-order valence-electron chi connectivity index (χ1n) is 9.22. The molecule has 0 radical (unpaired) electrons. The number of carbonyl (C=O) groups is 1. The molecule has 3 rings (SSSR count). The number of hydrogen-bond acceptors (Lipinski definition) is 6. The highest BCUT2D eigenvalue weighted by molar-refractivity contribution is 7.14. The summed E-state index contributed by atoms with van der Waals surface area (Å²) in [6.07, 6.45) is 1.13. The van der Waals surface area contributed by atoms with Crippen LogP contribution in [0.1, 0.15) is 18.1 Å². The van der Waals surface area contributed by atoms with Gasteiger partial charge in [0.1, 0.15) is 0 Å². The third-order valence-corrected chi connectivity index (χ3v) is 5.30. The molecule has 0 fully saturated rings. The van der Waals surface area contributed by atoms with Gasteiger partial charge >= 0.3 is 0 Å². The number of ether oxygens (including phenoxy) is 3. The maximum Gasteiger partial charge on any atom is 0.230 e. The third-order valence-electron chi connectivity index (χ3n) is 4.55. The van der Waals surface area contributed by atoms with Gasteiger partial charge in [-0.3, -0.25) is 4.79 Å². The highest BCUT2D eigenvalue weighted by Gasteiger charge is 2.18. The van der Waals surface area contributed by atoms with E-state index in [1.54, 1.807) is 19.2 Å². The topological polar surface area (TPSA) is 69.7 Å². The highest BCUT2D eigenvalue weighted by Crippen LogP contribution is 2.40. The van der Waals surface area contributed by atoms with Crippen LogP contribution in [0.25, 0.3) is 11.3 Å². The molecule has 0 unspecified atom stereocenters. The molecule has 0 saturated carbocycles. The second kappa shape index (κ2) is 9.43. The van der Waals surface area contributed by atoms with Crippen LogP contribution in [0.5, 0.6) is 17.2 Å². The van der Waals surface area contributed by atoms with Gasteiger partial charge in [0, 0.05) is 16.5 Å². The van der Waals surface area contributed by atoms with Gasteiger partial charge in [-0.1, -0.05) is 37.3 Å². The minimum Gasteiger partial charge on any atom is -0.493 e. The van der Waals surface area contributed by atoms with Crippen molar-refractivity contribution in [1.29, 1.82) is 0 Å². The number of aromatic nitrogens is 1. The molecule has 0 bridgehead atoms. The summed E-state index contributed by atoms with van der Waals surface area (Å²) >= 11 is 1.40. The Balaban J connectivity index is 1.72. The van der Waals surface area contributed by atoms with Crippen molar-refractivity contribution in [3.8, 4) is 28.5 Å². The number of carbonyl (C=O) groups excluding carboxylic acids is 1. The van der Waals surface area contributed by atoms with E-state index >= 15 is 0 Å². The standard InChI is InChI=1S/C22H24N2O4S/c1-5-14-6-8-15(9-7-14)17-13-29-22(23-17)24-19(25)12-16-10-11-18(26-2)21(28-4)20(16)27-3/h6-11,13H,5,12H2,1-4H3,(H,23,24,25). The summed E-state index contributed by atoms with van der Waals surface area (Å²) in [5, 5.41) is 5.36. The molecule has 0 atom stereocenters. The molecule has 0 saturated heterocycles. The number of rotatable bonds is 8. The number of nitrogens with one attached hydrogen (secondary N) is 1. The summed E-state index contributed by atoms with van der Waals surface area (Å²) in [7, 11) is 4.63. The summed E-state index contributed by atoms with van der Waals surface area (Å²) in [5.74, 6) is 1.31. The molecule has 1 aromatic heterocycles. The number of amides is 1. The Bertz CT molecular complexity index is 983. The Morgan fingerprint density at radius 1 is 1.00 bits per heavy atom. The van der Waals surface area contributed by atoms with Gasteiger partial charge in [0.25, 0.3) is 0 Å². The SMILES string of the molecule is CCc1ccc(-c2csc(NC(=O)Cc3ccc(OC)c(OC)c3OC)n2)cc1. The molecule has 2 aromatic carbocycles. The maximum absolute atomic E-state index is 12.6. The zero-order chi connectivity index (χ0) is 20.8. The molecule has 0 spiro atoms. The van der Waals surface area contributed by atoms with Gasteiger partial charge < -0.3 is 19.5 Å². The number of nitrogens with zero attached hydrogens (tertiary/aromatic N) is 1. The van der Waals surface area contributed by atoms with Crippen LogP contribution in [-0.2, 0) is 17.6 Å². The smallest absolute Gasteiger partial charge is 0.230 e. The lowest BCUT2D eigenvalue weighted by Crippen LogP contribution is -2.15. The molecule has 0 aliphatic carbocycles. The molecule has 0 aliphatic rings. The predicted molar refractivity (Wildman–Crippen MR) is 115 cm³/mol. The molecule has 1 N–H and O–H groups in total. The van der Waals surface area contributed by atoms with Crippen LogP contribution >= 0.6 is 11.3 Å². The van der Waals surface area contributed by atoms with E-state index in [0.29, 0.717) is 27.9 Å². The van der Waals surface area contributed by atoms with Crippen LogP contribution < -0.4 is 19.5 Å². The Labute approximate surface area is 174 Å². The first-order chi connectivity index (χ1) is 14.1. The van der Waals surface area contributed by atoms with Crippen LogP contribution in [-0.4, -0.2) is 32.2 Å². The van der Waals surface area contributed by atoms with E-state index in [1.165, 1.54) is 31.1 Å². The van der Waals surface area contributed by atoms with Gasteiger partial charge in [-0.2, -0.15) is 0 Å². The summed E-state index contributed by atoms with van der Waals surface area (Å²) < 4.78 is 16.1. The van der Waals surface area contributed by atoms with Gasteiger partial charge in [0.15, 0.2) is 16.6 Å². The lowest BCUT2D eigenvalue weighted by atomic mass is 10.1. The van der Waals surface area contributed by atoms with Crippen molar-refractivity contribution in [1.82, 2.24) is 4.98 Å². The Hall–Kier alpha value is -3.06.